The zero-order chi connectivity index (χ0) is 20.3. The second kappa shape index (κ2) is 12.1. The van der Waals surface area contributed by atoms with Gasteiger partial charge in [-0.2, -0.15) is 0 Å². The first kappa shape index (κ1) is 22.0. The van der Waals surface area contributed by atoms with Gasteiger partial charge in [0.1, 0.15) is 5.82 Å². The minimum absolute atomic E-state index is 0.125. The van der Waals surface area contributed by atoms with Crippen LogP contribution in [-0.2, 0) is 4.74 Å². The average molecular weight is 406 g/mol. The maximum atomic E-state index is 13.4. The third kappa shape index (κ3) is 7.24. The van der Waals surface area contributed by atoms with E-state index in [0.29, 0.717) is 6.54 Å². The van der Waals surface area contributed by atoms with Crippen molar-refractivity contribution in [2.75, 3.05) is 65.6 Å². The summed E-state index contributed by atoms with van der Waals surface area (Å²) in [5.74, 6) is 0.653. The highest BCUT2D eigenvalue weighted by Crippen LogP contribution is 2.22. The molecule has 6 nitrogen and oxygen atoms in total. The molecule has 2 aliphatic heterocycles. The van der Waals surface area contributed by atoms with Crippen molar-refractivity contribution in [1.82, 2.24) is 20.4 Å². The highest BCUT2D eigenvalue weighted by Gasteiger charge is 2.22. The summed E-state index contributed by atoms with van der Waals surface area (Å²) < 4.78 is 18.9. The molecule has 2 heterocycles. The van der Waals surface area contributed by atoms with E-state index < -0.39 is 0 Å². The van der Waals surface area contributed by atoms with Crippen LogP contribution >= 0.6 is 0 Å². The molecule has 0 spiro atoms. The monoisotopic (exact) mass is 405 g/mol. The van der Waals surface area contributed by atoms with Crippen molar-refractivity contribution in [1.29, 1.82) is 0 Å². The molecule has 1 aromatic rings. The van der Waals surface area contributed by atoms with Crippen molar-refractivity contribution in [2.24, 2.45) is 4.99 Å². The summed E-state index contributed by atoms with van der Waals surface area (Å²) in [6, 6.07) is 6.95. The molecular formula is C22H36FN5O. The number of benzene rings is 1. The Morgan fingerprint density at radius 2 is 1.83 bits per heavy atom. The van der Waals surface area contributed by atoms with E-state index in [4.69, 9.17) is 9.73 Å². The lowest BCUT2D eigenvalue weighted by atomic mass is 10.0. The number of hydrogen-bond acceptors (Lipinski definition) is 4. The standard InChI is InChI=1S/C22H36FN5O/c1-2-24-22(25-10-5-13-27-11-3-4-12-27)26-18-21(28-14-16-29-17-15-28)19-6-8-20(23)9-7-19/h6-9,21H,2-5,10-18H2,1H3,(H2,24,25,26). The molecular weight excluding hydrogens is 369 g/mol. The number of aliphatic imine (C=N–C) groups is 1. The van der Waals surface area contributed by atoms with Gasteiger partial charge in [0.2, 0.25) is 0 Å². The number of nitrogens with one attached hydrogen (secondary N) is 2. The molecule has 2 N–H and O–H groups in total. The highest BCUT2D eigenvalue weighted by molar-refractivity contribution is 5.79. The smallest absolute Gasteiger partial charge is 0.191 e. The van der Waals surface area contributed by atoms with Crippen LogP contribution in [0.4, 0.5) is 4.39 Å². The molecule has 1 unspecified atom stereocenters. The van der Waals surface area contributed by atoms with E-state index in [1.165, 1.54) is 38.1 Å². The first-order chi connectivity index (χ1) is 14.3. The molecule has 7 heteroatoms. The van der Waals surface area contributed by atoms with Gasteiger partial charge in [0.25, 0.3) is 0 Å². The molecule has 0 bridgehead atoms. The SMILES string of the molecule is CCNC(=NCC(c1ccc(F)cc1)N1CCOCC1)NCCCN1CCCC1. The Morgan fingerprint density at radius 3 is 2.52 bits per heavy atom. The van der Waals surface area contributed by atoms with Crippen LogP contribution in [0.25, 0.3) is 0 Å². The topological polar surface area (TPSA) is 52.1 Å². The quantitative estimate of drug-likeness (QED) is 0.375. The van der Waals surface area contributed by atoms with Gasteiger partial charge in [0.15, 0.2) is 5.96 Å². The second-order valence-corrected chi connectivity index (χ2v) is 7.76. The van der Waals surface area contributed by atoms with E-state index in [9.17, 15) is 4.39 Å². The number of hydrogen-bond donors (Lipinski definition) is 2. The van der Waals surface area contributed by atoms with Crippen molar-refractivity contribution < 1.29 is 9.13 Å². The number of likely N-dealkylation sites (tertiary alicyclic amines) is 1. The van der Waals surface area contributed by atoms with Gasteiger partial charge in [-0.05, 0) is 63.5 Å². The number of nitrogens with zero attached hydrogens (tertiary/aromatic N) is 3. The summed E-state index contributed by atoms with van der Waals surface area (Å²) in [5.41, 5.74) is 1.10. The van der Waals surface area contributed by atoms with Gasteiger partial charge in [-0.25, -0.2) is 4.39 Å². The minimum Gasteiger partial charge on any atom is -0.379 e. The summed E-state index contributed by atoms with van der Waals surface area (Å²) in [5, 5.41) is 6.82. The summed E-state index contributed by atoms with van der Waals surface area (Å²) in [6.07, 6.45) is 3.79. The first-order valence-electron chi connectivity index (χ1n) is 11.1. The van der Waals surface area contributed by atoms with Gasteiger partial charge >= 0.3 is 0 Å². The van der Waals surface area contributed by atoms with E-state index in [0.717, 1.165) is 63.9 Å². The lowest BCUT2D eigenvalue weighted by Gasteiger charge is -2.34. The zero-order valence-corrected chi connectivity index (χ0v) is 17.7. The molecule has 2 saturated heterocycles. The van der Waals surface area contributed by atoms with Gasteiger partial charge < -0.3 is 20.3 Å². The van der Waals surface area contributed by atoms with Crippen molar-refractivity contribution in [3.8, 4) is 0 Å². The zero-order valence-electron chi connectivity index (χ0n) is 17.7. The molecule has 3 rings (SSSR count). The molecule has 0 aromatic heterocycles. The van der Waals surface area contributed by atoms with Crippen LogP contribution in [0, 0.1) is 5.82 Å². The molecule has 2 fully saturated rings. The Kier molecular flexibility index (Phi) is 9.18. The van der Waals surface area contributed by atoms with Crippen LogP contribution < -0.4 is 10.6 Å². The average Bonchev–Trinajstić information content (AvgIpc) is 3.27. The maximum absolute atomic E-state index is 13.4. The Balaban J connectivity index is 1.58. The molecule has 2 aliphatic rings. The van der Waals surface area contributed by atoms with Crippen molar-refractivity contribution >= 4 is 5.96 Å². The van der Waals surface area contributed by atoms with Crippen molar-refractivity contribution in [3.63, 3.8) is 0 Å². The van der Waals surface area contributed by atoms with E-state index >= 15 is 0 Å². The fraction of sp³-hybridized carbons (Fsp3) is 0.682. The van der Waals surface area contributed by atoms with Gasteiger partial charge in [0, 0.05) is 26.2 Å². The van der Waals surface area contributed by atoms with Crippen LogP contribution in [0.2, 0.25) is 0 Å². The summed E-state index contributed by atoms with van der Waals surface area (Å²) >= 11 is 0. The molecule has 1 aromatic carbocycles. The molecule has 0 radical (unpaired) electrons. The Bertz CT molecular complexity index is 612. The lowest BCUT2D eigenvalue weighted by Crippen LogP contribution is -2.42. The van der Waals surface area contributed by atoms with Gasteiger partial charge in [-0.1, -0.05) is 12.1 Å². The Morgan fingerprint density at radius 1 is 1.10 bits per heavy atom. The molecule has 162 valence electrons. The number of halogens is 1. The fourth-order valence-corrected chi connectivity index (χ4v) is 4.04. The maximum Gasteiger partial charge on any atom is 0.191 e. The number of ether oxygens (including phenoxy) is 1. The molecule has 0 saturated carbocycles. The third-order valence-electron chi connectivity index (χ3n) is 5.65. The van der Waals surface area contributed by atoms with Crippen LogP contribution in [0.5, 0.6) is 0 Å². The van der Waals surface area contributed by atoms with Crippen molar-refractivity contribution in [2.45, 2.75) is 32.2 Å². The summed E-state index contributed by atoms with van der Waals surface area (Å²) in [6.45, 7) is 11.3. The lowest BCUT2D eigenvalue weighted by molar-refractivity contribution is 0.0179. The fourth-order valence-electron chi connectivity index (χ4n) is 4.04. The third-order valence-corrected chi connectivity index (χ3v) is 5.65. The molecule has 1 atom stereocenters. The van der Waals surface area contributed by atoms with Crippen LogP contribution in [0.3, 0.4) is 0 Å². The molecule has 0 amide bonds. The van der Waals surface area contributed by atoms with Crippen LogP contribution in [0.15, 0.2) is 29.3 Å². The van der Waals surface area contributed by atoms with Gasteiger partial charge in [-0.15, -0.1) is 0 Å². The number of guanidine groups is 1. The predicted octanol–water partition coefficient (Wildman–Crippen LogP) is 2.24. The van der Waals surface area contributed by atoms with E-state index in [1.54, 1.807) is 0 Å². The first-order valence-corrected chi connectivity index (χ1v) is 11.1. The summed E-state index contributed by atoms with van der Waals surface area (Å²) in [4.78, 5) is 9.78. The predicted molar refractivity (Wildman–Crippen MR) is 116 cm³/mol. The van der Waals surface area contributed by atoms with Crippen molar-refractivity contribution in [3.05, 3.63) is 35.6 Å². The highest BCUT2D eigenvalue weighted by atomic mass is 19.1. The number of rotatable bonds is 9. The molecule has 29 heavy (non-hydrogen) atoms. The molecule has 0 aliphatic carbocycles. The van der Waals surface area contributed by atoms with E-state index in [-0.39, 0.29) is 11.9 Å². The summed E-state index contributed by atoms with van der Waals surface area (Å²) in [7, 11) is 0. The van der Waals surface area contributed by atoms with Gasteiger partial charge in [0.05, 0.1) is 25.8 Å². The van der Waals surface area contributed by atoms with E-state index in [2.05, 4.69) is 27.4 Å². The Labute approximate surface area is 174 Å². The van der Waals surface area contributed by atoms with Crippen LogP contribution in [0.1, 0.15) is 37.8 Å². The normalized spacial score (nSPS) is 20.0. The second-order valence-electron chi connectivity index (χ2n) is 7.76. The Hall–Kier alpha value is -1.70. The van der Waals surface area contributed by atoms with Crippen LogP contribution in [-0.4, -0.2) is 81.3 Å². The minimum atomic E-state index is -0.203. The van der Waals surface area contributed by atoms with Gasteiger partial charge in [-0.3, -0.25) is 9.89 Å². The number of morpholine rings is 1. The van der Waals surface area contributed by atoms with E-state index in [1.807, 2.05) is 12.1 Å². The largest absolute Gasteiger partial charge is 0.379 e.